The van der Waals surface area contributed by atoms with Crippen LogP contribution in [0, 0.1) is 0 Å². The Labute approximate surface area is 196 Å². The molecule has 1 unspecified atom stereocenters. The Bertz CT molecular complexity index is 1440. The zero-order valence-electron chi connectivity index (χ0n) is 19.6. The number of rotatable bonds is 5. The average molecular weight is 467 g/mol. The molecular weight excluding hydrogens is 432 g/mol. The van der Waals surface area contributed by atoms with E-state index in [2.05, 4.69) is 15.3 Å². The van der Waals surface area contributed by atoms with Crippen LogP contribution in [-0.4, -0.2) is 16.5 Å². The summed E-state index contributed by atoms with van der Waals surface area (Å²) >= 11 is 0. The fourth-order valence-corrected chi connectivity index (χ4v) is 4.67. The Balaban J connectivity index is 1.73. The first-order valence-corrected chi connectivity index (χ1v) is 10.9. The van der Waals surface area contributed by atoms with Gasteiger partial charge in [-0.1, -0.05) is 20.8 Å². The lowest BCUT2D eigenvalue weighted by molar-refractivity contribution is 0.785. The molecule has 0 fully saturated rings. The first-order chi connectivity index (χ1) is 15.9. The van der Waals surface area contributed by atoms with E-state index < -0.39 is 0 Å². The summed E-state index contributed by atoms with van der Waals surface area (Å²) in [6.45, 7) is 6.47. The van der Waals surface area contributed by atoms with Gasteiger partial charge in [-0.2, -0.15) is 0 Å². The van der Waals surface area contributed by atoms with E-state index in [-0.39, 0.29) is 23.2 Å². The number of benzene rings is 2. The van der Waals surface area contributed by atoms with Gasteiger partial charge in [0.2, 0.25) is 0 Å². The van der Waals surface area contributed by atoms with Gasteiger partial charge in [-0.25, -0.2) is 0 Å². The maximum atomic E-state index is 6.48. The second kappa shape index (κ2) is 7.54. The molecule has 0 radical (unpaired) electrons. The maximum Gasteiger partial charge on any atom is 0.105 e. The Hall–Kier alpha value is -4.48. The number of fused-ring (bicyclic) bond motifs is 2. The molecule has 0 amide bonds. The predicted octanol–water partition coefficient (Wildman–Crippen LogP) is 2.23. The number of aromatic nitrogens is 2. The van der Waals surface area contributed by atoms with Gasteiger partial charge in [0.15, 0.2) is 0 Å². The van der Waals surface area contributed by atoms with Crippen LogP contribution in [0.5, 0.6) is 0 Å². The van der Waals surface area contributed by atoms with Gasteiger partial charge in [0.25, 0.3) is 0 Å². The van der Waals surface area contributed by atoms with Crippen molar-refractivity contribution in [2.45, 2.75) is 32.6 Å². The molecule has 0 spiro atoms. The smallest absolute Gasteiger partial charge is 0.105 e. The van der Waals surface area contributed by atoms with E-state index in [1.54, 1.807) is 0 Å². The molecular formula is C22H34N12. The molecule has 0 saturated carbocycles. The van der Waals surface area contributed by atoms with Crippen molar-refractivity contribution in [1.29, 1.82) is 0 Å². The van der Waals surface area contributed by atoms with Crippen LogP contribution in [0.2, 0.25) is 0 Å². The molecule has 0 bridgehead atoms. The Morgan fingerprint density at radius 1 is 0.618 bits per heavy atom. The van der Waals surface area contributed by atoms with Gasteiger partial charge in [0.1, 0.15) is 5.82 Å². The molecule has 4 aromatic rings. The van der Waals surface area contributed by atoms with Crippen LogP contribution in [-0.2, 0) is 0 Å². The highest BCUT2D eigenvalue weighted by Gasteiger charge is 2.24. The Morgan fingerprint density at radius 3 is 1.79 bits per heavy atom. The minimum atomic E-state index is -0.121. The van der Waals surface area contributed by atoms with Gasteiger partial charge in [-0.15, -0.1) is 0 Å². The molecule has 2 aromatic carbocycles. The zero-order valence-corrected chi connectivity index (χ0v) is 19.6. The van der Waals surface area contributed by atoms with Crippen molar-refractivity contribution in [3.63, 3.8) is 0 Å². The van der Waals surface area contributed by atoms with Crippen LogP contribution in [0.3, 0.4) is 0 Å². The average Bonchev–Trinajstić information content (AvgIpc) is 3.32. The number of hydrogen-bond donors (Lipinski definition) is 12. The van der Waals surface area contributed by atoms with Crippen LogP contribution in [0.25, 0.3) is 21.8 Å². The van der Waals surface area contributed by atoms with Gasteiger partial charge in [-0.05, 0) is 5.92 Å². The molecule has 0 aliphatic rings. The normalized spacial score (nSPS) is 12.7. The molecule has 2 aromatic heterocycles. The quantitative estimate of drug-likeness (QED) is 0.190. The fraction of sp³-hybridized carbons (Fsp3) is 0.273. The topological polar surface area (TPSA) is 278 Å². The van der Waals surface area contributed by atoms with E-state index in [9.17, 15) is 0 Å². The number of hydrogen-bond acceptors (Lipinski definition) is 10. The molecule has 12 nitrogen and oxygen atoms in total. The Kier molecular flexibility index (Phi) is 5.04. The van der Waals surface area contributed by atoms with Crippen molar-refractivity contribution in [1.82, 2.24) is 9.97 Å². The first-order valence-electron chi connectivity index (χ1n) is 10.9. The molecule has 0 saturated heterocycles. The maximum absolute atomic E-state index is 6.48. The van der Waals surface area contributed by atoms with Gasteiger partial charge in [-0.3, -0.25) is 0 Å². The molecule has 182 valence electrons. The number of anilines is 10. The van der Waals surface area contributed by atoms with E-state index >= 15 is 0 Å². The van der Waals surface area contributed by atoms with E-state index in [4.69, 9.17) is 51.6 Å². The Morgan fingerprint density at radius 2 is 1.18 bits per heavy atom. The van der Waals surface area contributed by atoms with Crippen molar-refractivity contribution in [3.05, 3.63) is 11.3 Å². The van der Waals surface area contributed by atoms with Crippen molar-refractivity contribution >= 4 is 78.8 Å². The van der Waals surface area contributed by atoms with Crippen LogP contribution in [0.15, 0.2) is 0 Å². The summed E-state index contributed by atoms with van der Waals surface area (Å²) in [4.78, 5) is 6.41. The molecule has 0 aliphatic heterocycles. The fourth-order valence-electron chi connectivity index (χ4n) is 4.67. The standard InChI is InChI=1S/C22H34N12/c1-5(2)7-8-10(23)15(28)21(17(30)19(8)34-22(7)31)32-4-6(3)18-12(25)9-11(24)13(26)14(27)16(29)20(9)33-18/h5-6,32-34H,4,23-31H2,1-3H3. The highest BCUT2D eigenvalue weighted by Crippen LogP contribution is 2.46. The summed E-state index contributed by atoms with van der Waals surface area (Å²) in [6.07, 6.45) is 0. The second-order valence-corrected chi connectivity index (χ2v) is 9.11. The number of H-pyrrole nitrogens is 2. The van der Waals surface area contributed by atoms with Gasteiger partial charge >= 0.3 is 0 Å². The summed E-state index contributed by atoms with van der Waals surface area (Å²) in [5, 5.41) is 4.62. The van der Waals surface area contributed by atoms with Gasteiger partial charge < -0.3 is 66.9 Å². The van der Waals surface area contributed by atoms with Gasteiger partial charge in [0, 0.05) is 29.1 Å². The summed E-state index contributed by atoms with van der Waals surface area (Å²) in [7, 11) is 0. The van der Waals surface area contributed by atoms with Crippen molar-refractivity contribution < 1.29 is 0 Å². The zero-order chi connectivity index (χ0) is 25.2. The molecule has 0 aliphatic carbocycles. The molecule has 12 heteroatoms. The highest BCUT2D eigenvalue weighted by molar-refractivity contribution is 6.16. The van der Waals surface area contributed by atoms with Crippen LogP contribution < -0.4 is 56.9 Å². The summed E-state index contributed by atoms with van der Waals surface area (Å²) in [6, 6.07) is 0. The molecule has 1 atom stereocenters. The first kappa shape index (κ1) is 22.7. The third-order valence-corrected chi connectivity index (χ3v) is 6.57. The SMILES string of the molecule is CC(C)c1c(N)[nH]c2c(N)c(NCC(C)c3[nH]c4c(N)c(N)c(N)c(N)c4c3N)c(N)c(N)c12. The third-order valence-electron chi connectivity index (χ3n) is 6.57. The van der Waals surface area contributed by atoms with E-state index in [1.165, 1.54) is 0 Å². The summed E-state index contributed by atoms with van der Waals surface area (Å²) in [5.74, 6) is 0.541. The highest BCUT2D eigenvalue weighted by atomic mass is 15.0. The van der Waals surface area contributed by atoms with Crippen molar-refractivity contribution in [3.8, 4) is 0 Å². The molecule has 4 rings (SSSR count). The third kappa shape index (κ3) is 2.99. The van der Waals surface area contributed by atoms with Gasteiger partial charge in [0.05, 0.1) is 67.6 Å². The van der Waals surface area contributed by atoms with Crippen molar-refractivity contribution in [2.24, 2.45) is 0 Å². The summed E-state index contributed by atoms with van der Waals surface area (Å²) in [5.41, 5.74) is 62.3. The predicted molar refractivity (Wildman–Crippen MR) is 147 cm³/mol. The lowest BCUT2D eigenvalue weighted by Gasteiger charge is -2.19. The number of nitrogens with one attached hydrogen (secondary N) is 3. The van der Waals surface area contributed by atoms with E-state index in [0.29, 0.717) is 68.6 Å². The van der Waals surface area contributed by atoms with Crippen molar-refractivity contribution in [2.75, 3.05) is 63.5 Å². The lowest BCUT2D eigenvalue weighted by atomic mass is 9.98. The number of nitrogens with two attached hydrogens (primary N) is 9. The number of nitrogen functional groups attached to an aromatic ring is 9. The van der Waals surface area contributed by atoms with E-state index in [0.717, 1.165) is 16.6 Å². The largest absolute Gasteiger partial charge is 0.397 e. The summed E-state index contributed by atoms with van der Waals surface area (Å²) < 4.78 is 0. The van der Waals surface area contributed by atoms with Crippen LogP contribution in [0.4, 0.5) is 57.0 Å². The van der Waals surface area contributed by atoms with Crippen LogP contribution in [0.1, 0.15) is 43.9 Å². The molecule has 2 heterocycles. The molecule has 34 heavy (non-hydrogen) atoms. The monoisotopic (exact) mass is 466 g/mol. The van der Waals surface area contributed by atoms with E-state index in [1.807, 2.05) is 20.8 Å². The second-order valence-electron chi connectivity index (χ2n) is 9.11. The minimum Gasteiger partial charge on any atom is -0.397 e. The number of aromatic amines is 2. The van der Waals surface area contributed by atoms with Crippen LogP contribution >= 0.6 is 0 Å². The minimum absolute atomic E-state index is 0.121. The molecule has 21 N–H and O–H groups in total. The lowest BCUT2D eigenvalue weighted by Crippen LogP contribution is -2.15.